The summed E-state index contributed by atoms with van der Waals surface area (Å²) < 4.78 is 36.6. The number of carbonyl (C=O) groups excluding carboxylic acids is 1. The number of halogens is 2. The van der Waals surface area contributed by atoms with Crippen molar-refractivity contribution in [2.24, 2.45) is 7.05 Å². The molecule has 27 heavy (non-hydrogen) atoms. The fourth-order valence-electron chi connectivity index (χ4n) is 2.56. The number of ether oxygens (including phenoxy) is 1. The Morgan fingerprint density at radius 3 is 2.74 bits per heavy atom. The average molecular weight is 393 g/mol. The molecule has 0 aliphatic heterocycles. The molecule has 2 heterocycles. The molecular weight excluding hydrogens is 376 g/mol. The molecule has 0 atom stereocenters. The summed E-state index contributed by atoms with van der Waals surface area (Å²) >= 11 is 1.17. The van der Waals surface area contributed by atoms with E-state index < -0.39 is 6.61 Å². The van der Waals surface area contributed by atoms with Crippen LogP contribution >= 0.6 is 11.8 Å². The number of alkyl halides is 2. The van der Waals surface area contributed by atoms with Crippen LogP contribution in [-0.2, 0) is 7.05 Å². The third-order valence-corrected chi connectivity index (χ3v) is 4.94. The maximum atomic E-state index is 12.6. The standard InChI is InChI=1S/C18H17F2N3O3S/c1-10-4-5-15(26-17(19)20)13(8-10)14(24)9-27-18-22-21-16(23(18)3)12-6-7-25-11(12)2/h4-8,17H,9H2,1-3H3. The fraction of sp³-hybridized carbons (Fsp3) is 0.278. The molecule has 9 heteroatoms. The van der Waals surface area contributed by atoms with Crippen LogP contribution in [0.25, 0.3) is 11.4 Å². The van der Waals surface area contributed by atoms with E-state index in [9.17, 15) is 13.6 Å². The smallest absolute Gasteiger partial charge is 0.387 e. The Kier molecular flexibility index (Phi) is 5.59. The second-order valence-corrected chi connectivity index (χ2v) is 6.79. The van der Waals surface area contributed by atoms with Crippen LogP contribution in [0.3, 0.4) is 0 Å². The van der Waals surface area contributed by atoms with Crippen molar-refractivity contribution in [2.75, 3.05) is 5.75 Å². The van der Waals surface area contributed by atoms with E-state index in [4.69, 9.17) is 4.42 Å². The second kappa shape index (κ2) is 7.91. The molecule has 0 aliphatic rings. The molecule has 1 aromatic carbocycles. The lowest BCUT2D eigenvalue weighted by Crippen LogP contribution is -2.10. The van der Waals surface area contributed by atoms with Gasteiger partial charge in [0.1, 0.15) is 11.5 Å². The first kappa shape index (κ1) is 19.1. The number of hydrogen-bond donors (Lipinski definition) is 0. The Labute approximate surface area is 158 Å². The number of aromatic nitrogens is 3. The first-order chi connectivity index (χ1) is 12.9. The van der Waals surface area contributed by atoms with E-state index >= 15 is 0 Å². The lowest BCUT2D eigenvalue weighted by Gasteiger charge is -2.10. The number of Topliss-reactive ketones (excluding diaryl/α,β-unsaturated/α-hetero) is 1. The van der Waals surface area contributed by atoms with Crippen molar-refractivity contribution in [1.82, 2.24) is 14.8 Å². The van der Waals surface area contributed by atoms with Gasteiger partial charge in [-0.1, -0.05) is 23.4 Å². The minimum atomic E-state index is -2.99. The maximum absolute atomic E-state index is 12.6. The van der Waals surface area contributed by atoms with Crippen LogP contribution in [0.15, 0.2) is 40.1 Å². The van der Waals surface area contributed by atoms with Crippen LogP contribution in [0, 0.1) is 13.8 Å². The quantitative estimate of drug-likeness (QED) is 0.441. The third-order valence-electron chi connectivity index (χ3n) is 3.92. The number of carbonyl (C=O) groups is 1. The van der Waals surface area contributed by atoms with Crippen molar-refractivity contribution in [3.63, 3.8) is 0 Å². The Morgan fingerprint density at radius 2 is 2.07 bits per heavy atom. The van der Waals surface area contributed by atoms with Gasteiger partial charge in [-0.05, 0) is 32.0 Å². The Bertz CT molecular complexity index is 969. The van der Waals surface area contributed by atoms with Gasteiger partial charge < -0.3 is 13.7 Å². The number of hydrogen-bond acceptors (Lipinski definition) is 6. The molecule has 0 aliphatic carbocycles. The van der Waals surface area contributed by atoms with E-state index in [-0.39, 0.29) is 22.8 Å². The van der Waals surface area contributed by atoms with Gasteiger partial charge in [-0.3, -0.25) is 4.79 Å². The number of rotatable bonds is 7. The van der Waals surface area contributed by atoms with Crippen LogP contribution in [0.4, 0.5) is 8.78 Å². The summed E-state index contributed by atoms with van der Waals surface area (Å²) in [6.07, 6.45) is 1.57. The average Bonchev–Trinajstić information content (AvgIpc) is 3.19. The van der Waals surface area contributed by atoms with Crippen LogP contribution in [-0.4, -0.2) is 32.9 Å². The Morgan fingerprint density at radius 1 is 1.30 bits per heavy atom. The molecule has 0 saturated carbocycles. The van der Waals surface area contributed by atoms with Gasteiger partial charge in [0, 0.05) is 7.05 Å². The molecule has 0 saturated heterocycles. The molecule has 0 amide bonds. The van der Waals surface area contributed by atoms with Crippen LogP contribution < -0.4 is 4.74 Å². The van der Waals surface area contributed by atoms with Gasteiger partial charge in [0.2, 0.25) is 0 Å². The number of thioether (sulfide) groups is 1. The van der Waals surface area contributed by atoms with Gasteiger partial charge in [0.25, 0.3) is 0 Å². The zero-order valence-corrected chi connectivity index (χ0v) is 15.7. The van der Waals surface area contributed by atoms with Crippen LogP contribution in [0.1, 0.15) is 21.7 Å². The molecule has 3 rings (SSSR count). The largest absolute Gasteiger partial charge is 0.469 e. The van der Waals surface area contributed by atoms with Crippen molar-refractivity contribution in [1.29, 1.82) is 0 Å². The third kappa shape index (κ3) is 4.19. The summed E-state index contributed by atoms with van der Waals surface area (Å²) in [7, 11) is 1.78. The molecule has 2 aromatic heterocycles. The molecule has 6 nitrogen and oxygen atoms in total. The first-order valence-electron chi connectivity index (χ1n) is 8.02. The van der Waals surface area contributed by atoms with E-state index in [1.807, 2.05) is 6.92 Å². The van der Waals surface area contributed by atoms with E-state index in [1.54, 1.807) is 36.9 Å². The van der Waals surface area contributed by atoms with E-state index in [0.717, 1.165) is 11.1 Å². The molecule has 0 spiro atoms. The lowest BCUT2D eigenvalue weighted by molar-refractivity contribution is -0.0501. The zero-order valence-electron chi connectivity index (χ0n) is 14.9. The predicted molar refractivity (Wildman–Crippen MR) is 96.3 cm³/mol. The summed E-state index contributed by atoms with van der Waals surface area (Å²) in [5.41, 5.74) is 1.71. The maximum Gasteiger partial charge on any atom is 0.387 e. The van der Waals surface area contributed by atoms with E-state index in [1.165, 1.54) is 23.9 Å². The second-order valence-electron chi connectivity index (χ2n) is 5.85. The topological polar surface area (TPSA) is 70.2 Å². The van der Waals surface area contributed by atoms with Crippen molar-refractivity contribution in [2.45, 2.75) is 25.6 Å². The minimum absolute atomic E-state index is 0.0133. The summed E-state index contributed by atoms with van der Waals surface area (Å²) in [4.78, 5) is 12.6. The van der Waals surface area contributed by atoms with Crippen molar-refractivity contribution >= 4 is 17.5 Å². The monoisotopic (exact) mass is 393 g/mol. The molecule has 3 aromatic rings. The molecule has 0 unspecified atom stereocenters. The highest BCUT2D eigenvalue weighted by molar-refractivity contribution is 7.99. The van der Waals surface area contributed by atoms with Crippen molar-refractivity contribution in [3.05, 3.63) is 47.4 Å². The van der Waals surface area contributed by atoms with Gasteiger partial charge in [-0.25, -0.2) is 0 Å². The molecular formula is C18H17F2N3O3S. The van der Waals surface area contributed by atoms with Gasteiger partial charge in [-0.15, -0.1) is 10.2 Å². The van der Waals surface area contributed by atoms with Crippen molar-refractivity contribution < 1.29 is 22.7 Å². The summed E-state index contributed by atoms with van der Waals surface area (Å²) in [5, 5.41) is 8.77. The first-order valence-corrected chi connectivity index (χ1v) is 9.00. The molecule has 0 bridgehead atoms. The minimum Gasteiger partial charge on any atom is -0.469 e. The number of nitrogens with zero attached hydrogens (tertiary/aromatic N) is 3. The fourth-order valence-corrected chi connectivity index (χ4v) is 3.35. The number of aryl methyl sites for hydroxylation is 2. The number of ketones is 1. The zero-order chi connectivity index (χ0) is 19.6. The van der Waals surface area contributed by atoms with Gasteiger partial charge >= 0.3 is 6.61 Å². The van der Waals surface area contributed by atoms with Gasteiger partial charge in [0.05, 0.1) is 23.1 Å². The number of benzene rings is 1. The van der Waals surface area contributed by atoms with Gasteiger partial charge in [-0.2, -0.15) is 8.78 Å². The van der Waals surface area contributed by atoms with Crippen LogP contribution in [0.5, 0.6) is 5.75 Å². The van der Waals surface area contributed by atoms with E-state index in [2.05, 4.69) is 14.9 Å². The van der Waals surface area contributed by atoms with Crippen molar-refractivity contribution in [3.8, 4) is 17.1 Å². The molecule has 142 valence electrons. The van der Waals surface area contributed by atoms with Crippen LogP contribution in [0.2, 0.25) is 0 Å². The summed E-state index contributed by atoms with van der Waals surface area (Å²) in [6, 6.07) is 6.32. The lowest BCUT2D eigenvalue weighted by atomic mass is 10.1. The molecule has 0 fully saturated rings. The van der Waals surface area contributed by atoms with E-state index in [0.29, 0.717) is 16.7 Å². The highest BCUT2D eigenvalue weighted by Gasteiger charge is 2.19. The Balaban J connectivity index is 1.76. The highest BCUT2D eigenvalue weighted by Crippen LogP contribution is 2.28. The normalized spacial score (nSPS) is 11.2. The molecule has 0 N–H and O–H groups in total. The number of furan rings is 1. The Hall–Kier alpha value is -2.68. The predicted octanol–water partition coefficient (Wildman–Crippen LogP) is 4.27. The molecule has 0 radical (unpaired) electrons. The highest BCUT2D eigenvalue weighted by atomic mass is 32.2. The summed E-state index contributed by atoms with van der Waals surface area (Å²) in [6.45, 7) is 0.604. The SMILES string of the molecule is Cc1ccc(OC(F)F)c(C(=O)CSc2nnc(-c3ccoc3C)n2C)c1. The summed E-state index contributed by atoms with van der Waals surface area (Å²) in [5.74, 6) is 0.886. The van der Waals surface area contributed by atoms with Gasteiger partial charge in [0.15, 0.2) is 16.8 Å².